The van der Waals surface area contributed by atoms with Gasteiger partial charge in [0.1, 0.15) is 5.52 Å². The van der Waals surface area contributed by atoms with E-state index < -0.39 is 0 Å². The van der Waals surface area contributed by atoms with Crippen molar-refractivity contribution in [2.45, 2.75) is 20.3 Å². The lowest BCUT2D eigenvalue weighted by Crippen LogP contribution is -2.15. The Hall–Kier alpha value is -4.26. The van der Waals surface area contributed by atoms with E-state index in [9.17, 15) is 4.79 Å². The second kappa shape index (κ2) is 8.11. The maximum Gasteiger partial charge on any atom is 0.278 e. The summed E-state index contributed by atoms with van der Waals surface area (Å²) in [7, 11) is 0. The second-order valence-corrected chi connectivity index (χ2v) is 7.55. The lowest BCUT2D eigenvalue weighted by Gasteiger charge is -2.07. The normalized spacial score (nSPS) is 11.1. The molecule has 0 aliphatic heterocycles. The Balaban J connectivity index is 1.52. The number of benzene rings is 3. The summed E-state index contributed by atoms with van der Waals surface area (Å²) in [6.07, 6.45) is 0.594. The first-order valence-electron chi connectivity index (χ1n) is 10.4. The molecule has 0 aliphatic rings. The fourth-order valence-electron chi connectivity index (χ4n) is 3.69. The third-order valence-electron chi connectivity index (χ3n) is 5.36. The average Bonchev–Trinajstić information content (AvgIpc) is 3.45. The smallest absolute Gasteiger partial charge is 0.278 e. The van der Waals surface area contributed by atoms with Crippen molar-refractivity contribution >= 4 is 22.5 Å². The van der Waals surface area contributed by atoms with Gasteiger partial charge in [-0.25, -0.2) is 4.68 Å². The van der Waals surface area contributed by atoms with Crippen LogP contribution in [0.2, 0.25) is 0 Å². The van der Waals surface area contributed by atoms with Gasteiger partial charge in [0, 0.05) is 11.3 Å². The van der Waals surface area contributed by atoms with Crippen LogP contribution in [0.1, 0.15) is 28.7 Å². The largest absolute Gasteiger partial charge is 0.355 e. The van der Waals surface area contributed by atoms with Crippen molar-refractivity contribution in [2.75, 3.05) is 5.32 Å². The summed E-state index contributed by atoms with van der Waals surface area (Å²) < 4.78 is 7.31. The van der Waals surface area contributed by atoms with Crippen molar-refractivity contribution in [1.82, 2.24) is 20.2 Å². The van der Waals surface area contributed by atoms with E-state index >= 15 is 0 Å². The number of nitrogens with one attached hydrogen (secondary N) is 1. The molecule has 0 unspecified atom stereocenters. The molecule has 1 amide bonds. The number of nitrogens with zero attached hydrogens (tertiary/aromatic N) is 4. The van der Waals surface area contributed by atoms with Gasteiger partial charge in [0.15, 0.2) is 11.5 Å². The number of hydrogen-bond acceptors (Lipinski definition) is 5. The molecule has 5 aromatic rings. The van der Waals surface area contributed by atoms with Gasteiger partial charge in [-0.05, 0) is 43.7 Å². The molecule has 158 valence electrons. The Labute approximate surface area is 184 Å². The van der Waals surface area contributed by atoms with E-state index in [-0.39, 0.29) is 5.91 Å². The highest BCUT2D eigenvalue weighted by Gasteiger charge is 2.20. The van der Waals surface area contributed by atoms with Crippen molar-refractivity contribution in [1.29, 1.82) is 0 Å². The van der Waals surface area contributed by atoms with Gasteiger partial charge in [0.2, 0.25) is 0 Å². The minimum atomic E-state index is -0.284. The van der Waals surface area contributed by atoms with Gasteiger partial charge in [-0.2, -0.15) is 0 Å². The first-order chi connectivity index (χ1) is 15.6. The SMILES string of the molecule is CCc1c(C(=O)Nc2ccc(C)cc2)nnn1-c1ccc2noc(-c3ccccc3)c2c1. The van der Waals surface area contributed by atoms with Crippen LogP contribution in [0.3, 0.4) is 0 Å². The predicted molar refractivity (Wildman–Crippen MR) is 123 cm³/mol. The maximum absolute atomic E-state index is 12.9. The molecule has 3 aromatic carbocycles. The number of hydrogen-bond donors (Lipinski definition) is 1. The van der Waals surface area contributed by atoms with E-state index in [2.05, 4.69) is 20.8 Å². The molecule has 2 heterocycles. The summed E-state index contributed by atoms with van der Waals surface area (Å²) in [6.45, 7) is 3.98. The Morgan fingerprint density at radius 3 is 2.56 bits per heavy atom. The molecular weight excluding hydrogens is 402 g/mol. The van der Waals surface area contributed by atoms with E-state index in [1.165, 1.54) is 0 Å². The van der Waals surface area contributed by atoms with Crippen LogP contribution in [0.25, 0.3) is 27.9 Å². The van der Waals surface area contributed by atoms with Crippen LogP contribution in [-0.2, 0) is 6.42 Å². The quantitative estimate of drug-likeness (QED) is 0.420. The van der Waals surface area contributed by atoms with Gasteiger partial charge in [0.05, 0.1) is 16.8 Å². The van der Waals surface area contributed by atoms with Gasteiger partial charge < -0.3 is 9.84 Å². The van der Waals surface area contributed by atoms with Gasteiger partial charge >= 0.3 is 0 Å². The van der Waals surface area contributed by atoms with Crippen molar-refractivity contribution in [2.24, 2.45) is 0 Å². The Morgan fingerprint density at radius 1 is 1.03 bits per heavy atom. The molecule has 2 aromatic heterocycles. The number of fused-ring (bicyclic) bond motifs is 1. The summed E-state index contributed by atoms with van der Waals surface area (Å²) in [5.74, 6) is 0.408. The van der Waals surface area contributed by atoms with Gasteiger partial charge in [-0.3, -0.25) is 4.79 Å². The van der Waals surface area contributed by atoms with Gasteiger partial charge in [-0.1, -0.05) is 65.3 Å². The van der Waals surface area contributed by atoms with Crippen LogP contribution in [-0.4, -0.2) is 26.1 Å². The first-order valence-corrected chi connectivity index (χ1v) is 10.4. The van der Waals surface area contributed by atoms with E-state index in [4.69, 9.17) is 4.52 Å². The summed E-state index contributed by atoms with van der Waals surface area (Å²) in [5, 5.41) is 16.4. The third kappa shape index (κ3) is 3.54. The van der Waals surface area contributed by atoms with E-state index in [1.54, 1.807) is 4.68 Å². The van der Waals surface area contributed by atoms with Crippen molar-refractivity contribution < 1.29 is 9.32 Å². The van der Waals surface area contributed by atoms with Crippen molar-refractivity contribution in [3.63, 3.8) is 0 Å². The Morgan fingerprint density at radius 2 is 1.81 bits per heavy atom. The molecular formula is C25H21N5O2. The average molecular weight is 423 g/mol. The van der Waals surface area contributed by atoms with E-state index in [0.29, 0.717) is 17.9 Å². The highest BCUT2D eigenvalue weighted by Crippen LogP contribution is 2.30. The lowest BCUT2D eigenvalue weighted by atomic mass is 10.1. The van der Waals surface area contributed by atoms with Crippen LogP contribution in [0.4, 0.5) is 5.69 Å². The summed E-state index contributed by atoms with van der Waals surface area (Å²) in [4.78, 5) is 12.9. The summed E-state index contributed by atoms with van der Waals surface area (Å²) in [6, 6.07) is 23.2. The monoisotopic (exact) mass is 423 g/mol. The Bertz CT molecular complexity index is 1400. The molecule has 0 spiro atoms. The molecule has 0 saturated carbocycles. The summed E-state index contributed by atoms with van der Waals surface area (Å²) >= 11 is 0. The van der Waals surface area contributed by atoms with Crippen molar-refractivity contribution in [3.05, 3.63) is 89.7 Å². The number of aryl methyl sites for hydroxylation is 1. The molecule has 7 heteroatoms. The fourth-order valence-corrected chi connectivity index (χ4v) is 3.69. The van der Waals surface area contributed by atoms with Crippen LogP contribution < -0.4 is 5.32 Å². The third-order valence-corrected chi connectivity index (χ3v) is 5.36. The molecule has 0 bridgehead atoms. The highest BCUT2D eigenvalue weighted by atomic mass is 16.5. The number of anilines is 1. The number of aromatic nitrogens is 4. The molecule has 1 N–H and O–H groups in total. The molecule has 7 nitrogen and oxygen atoms in total. The lowest BCUT2D eigenvalue weighted by molar-refractivity contribution is 0.102. The van der Waals surface area contributed by atoms with Crippen LogP contribution >= 0.6 is 0 Å². The predicted octanol–water partition coefficient (Wildman–Crippen LogP) is 5.20. The fraction of sp³-hybridized carbons (Fsp3) is 0.120. The zero-order chi connectivity index (χ0) is 22.1. The number of amides is 1. The summed E-state index contributed by atoms with van der Waals surface area (Å²) in [5.41, 5.74) is 5.37. The molecule has 0 atom stereocenters. The van der Waals surface area contributed by atoms with Crippen LogP contribution in [0.15, 0.2) is 77.3 Å². The number of carbonyl (C=O) groups is 1. The Kier molecular flexibility index (Phi) is 4.99. The zero-order valence-corrected chi connectivity index (χ0v) is 17.7. The molecule has 5 rings (SSSR count). The van der Waals surface area contributed by atoms with Gasteiger partial charge in [0.25, 0.3) is 5.91 Å². The minimum Gasteiger partial charge on any atom is -0.355 e. The maximum atomic E-state index is 12.9. The van der Waals surface area contributed by atoms with Crippen LogP contribution in [0.5, 0.6) is 0 Å². The minimum absolute atomic E-state index is 0.284. The van der Waals surface area contributed by atoms with E-state index in [1.807, 2.05) is 86.6 Å². The molecule has 0 saturated heterocycles. The van der Waals surface area contributed by atoms with E-state index in [0.717, 1.165) is 39.1 Å². The van der Waals surface area contributed by atoms with Gasteiger partial charge in [-0.15, -0.1) is 5.10 Å². The van der Waals surface area contributed by atoms with Crippen molar-refractivity contribution in [3.8, 4) is 17.0 Å². The highest BCUT2D eigenvalue weighted by molar-refractivity contribution is 6.03. The first kappa shape index (κ1) is 19.7. The zero-order valence-electron chi connectivity index (χ0n) is 17.7. The topological polar surface area (TPSA) is 85.8 Å². The molecule has 0 fully saturated rings. The molecule has 0 radical (unpaired) electrons. The molecule has 0 aliphatic carbocycles. The second-order valence-electron chi connectivity index (χ2n) is 7.55. The standard InChI is InChI=1S/C25H21N5O2/c1-3-22-23(25(31)26-18-11-9-16(2)10-12-18)27-29-30(22)19-13-14-21-20(15-19)24(32-28-21)17-7-5-4-6-8-17/h4-15H,3H2,1-2H3,(H,26,31). The van der Waals surface area contributed by atoms with Crippen LogP contribution in [0, 0.1) is 6.92 Å². The number of carbonyl (C=O) groups excluding carboxylic acids is 1. The number of rotatable bonds is 5. The molecule has 32 heavy (non-hydrogen) atoms.